The van der Waals surface area contributed by atoms with Crippen molar-refractivity contribution in [2.45, 2.75) is 0 Å². The fraction of sp³-hybridized carbons (Fsp3) is 0. The molecule has 92 valence electrons. The Kier molecular flexibility index (Phi) is 2.94. The van der Waals surface area contributed by atoms with Crippen LogP contribution < -0.4 is 5.32 Å². The number of hydrogen-bond acceptors (Lipinski definition) is 2. The second-order valence-electron chi connectivity index (χ2n) is 4.22. The number of anilines is 1. The molecule has 3 rings (SSSR count). The van der Waals surface area contributed by atoms with E-state index in [1.807, 2.05) is 42.5 Å². The number of pyridine rings is 1. The van der Waals surface area contributed by atoms with Gasteiger partial charge in [-0.25, -0.2) is 0 Å². The Morgan fingerprint density at radius 2 is 1.79 bits per heavy atom. The zero-order chi connectivity index (χ0) is 13.1. The van der Waals surface area contributed by atoms with Gasteiger partial charge in [0, 0.05) is 34.4 Å². The monoisotopic (exact) mass is 248 g/mol. The van der Waals surface area contributed by atoms with Crippen LogP contribution in [0.3, 0.4) is 0 Å². The highest BCUT2D eigenvalue weighted by atomic mass is 16.1. The van der Waals surface area contributed by atoms with Crippen molar-refractivity contribution >= 4 is 22.4 Å². The Labute approximate surface area is 110 Å². The van der Waals surface area contributed by atoms with Gasteiger partial charge < -0.3 is 5.32 Å². The SMILES string of the molecule is O=C(Nc1cccc2cnccc12)c1ccccc1. The van der Waals surface area contributed by atoms with Crippen LogP contribution in [-0.2, 0) is 0 Å². The summed E-state index contributed by atoms with van der Waals surface area (Å²) >= 11 is 0. The van der Waals surface area contributed by atoms with Crippen LogP contribution in [0.2, 0.25) is 0 Å². The van der Waals surface area contributed by atoms with Gasteiger partial charge in [-0.05, 0) is 24.3 Å². The Morgan fingerprint density at radius 1 is 0.947 bits per heavy atom. The molecule has 0 saturated carbocycles. The summed E-state index contributed by atoms with van der Waals surface area (Å²) in [5, 5.41) is 4.93. The van der Waals surface area contributed by atoms with E-state index >= 15 is 0 Å². The van der Waals surface area contributed by atoms with Crippen LogP contribution in [0.1, 0.15) is 10.4 Å². The molecule has 1 N–H and O–H groups in total. The smallest absolute Gasteiger partial charge is 0.255 e. The molecule has 3 nitrogen and oxygen atoms in total. The molecule has 1 aromatic heterocycles. The summed E-state index contributed by atoms with van der Waals surface area (Å²) in [6, 6.07) is 16.8. The van der Waals surface area contributed by atoms with Gasteiger partial charge in [-0.15, -0.1) is 0 Å². The van der Waals surface area contributed by atoms with E-state index in [0.717, 1.165) is 16.5 Å². The third-order valence-electron chi connectivity index (χ3n) is 2.96. The average Bonchev–Trinajstić information content (AvgIpc) is 2.48. The zero-order valence-electron chi connectivity index (χ0n) is 10.2. The van der Waals surface area contributed by atoms with Crippen LogP contribution in [-0.4, -0.2) is 10.9 Å². The van der Waals surface area contributed by atoms with Gasteiger partial charge in [0.25, 0.3) is 5.91 Å². The molecular weight excluding hydrogens is 236 g/mol. The van der Waals surface area contributed by atoms with E-state index in [1.165, 1.54) is 0 Å². The lowest BCUT2D eigenvalue weighted by Crippen LogP contribution is -2.11. The van der Waals surface area contributed by atoms with E-state index in [1.54, 1.807) is 24.5 Å². The number of carbonyl (C=O) groups excluding carboxylic acids is 1. The minimum Gasteiger partial charge on any atom is -0.321 e. The molecule has 0 saturated heterocycles. The van der Waals surface area contributed by atoms with Gasteiger partial charge in [0.15, 0.2) is 0 Å². The number of rotatable bonds is 2. The number of nitrogens with one attached hydrogen (secondary N) is 1. The van der Waals surface area contributed by atoms with Gasteiger partial charge >= 0.3 is 0 Å². The Balaban J connectivity index is 1.96. The van der Waals surface area contributed by atoms with Gasteiger partial charge in [0.2, 0.25) is 0 Å². The third kappa shape index (κ3) is 2.31. The molecule has 0 spiro atoms. The zero-order valence-corrected chi connectivity index (χ0v) is 10.2. The summed E-state index contributed by atoms with van der Waals surface area (Å²) in [5.41, 5.74) is 1.45. The van der Waals surface area contributed by atoms with Crippen molar-refractivity contribution in [3.05, 3.63) is 72.6 Å². The van der Waals surface area contributed by atoms with Gasteiger partial charge in [-0.2, -0.15) is 0 Å². The van der Waals surface area contributed by atoms with Crippen molar-refractivity contribution in [2.24, 2.45) is 0 Å². The molecule has 3 heteroatoms. The van der Waals surface area contributed by atoms with Crippen LogP contribution in [0, 0.1) is 0 Å². The third-order valence-corrected chi connectivity index (χ3v) is 2.96. The second kappa shape index (κ2) is 4.90. The van der Waals surface area contributed by atoms with E-state index < -0.39 is 0 Å². The summed E-state index contributed by atoms with van der Waals surface area (Å²) < 4.78 is 0. The van der Waals surface area contributed by atoms with E-state index in [0.29, 0.717) is 5.56 Å². The molecule has 0 aliphatic carbocycles. The van der Waals surface area contributed by atoms with Crippen molar-refractivity contribution in [1.82, 2.24) is 4.98 Å². The van der Waals surface area contributed by atoms with E-state index in [-0.39, 0.29) is 5.91 Å². The topological polar surface area (TPSA) is 42.0 Å². The molecule has 0 fully saturated rings. The maximum Gasteiger partial charge on any atom is 0.255 e. The molecule has 0 bridgehead atoms. The molecule has 3 aromatic rings. The predicted octanol–water partition coefficient (Wildman–Crippen LogP) is 3.49. The molecule has 19 heavy (non-hydrogen) atoms. The van der Waals surface area contributed by atoms with E-state index in [9.17, 15) is 4.79 Å². The Hall–Kier alpha value is -2.68. The van der Waals surface area contributed by atoms with Gasteiger partial charge in [-0.1, -0.05) is 30.3 Å². The molecule has 0 aliphatic rings. The molecule has 0 unspecified atom stereocenters. The molecule has 0 atom stereocenters. The van der Waals surface area contributed by atoms with Crippen molar-refractivity contribution < 1.29 is 4.79 Å². The summed E-state index contributed by atoms with van der Waals surface area (Å²) in [6.45, 7) is 0. The van der Waals surface area contributed by atoms with E-state index in [2.05, 4.69) is 10.3 Å². The fourth-order valence-corrected chi connectivity index (χ4v) is 2.02. The lowest BCUT2D eigenvalue weighted by molar-refractivity contribution is 0.102. The maximum atomic E-state index is 12.1. The van der Waals surface area contributed by atoms with Crippen LogP contribution in [0.5, 0.6) is 0 Å². The molecule has 1 amide bonds. The first-order valence-corrected chi connectivity index (χ1v) is 6.04. The second-order valence-corrected chi connectivity index (χ2v) is 4.22. The summed E-state index contributed by atoms with van der Waals surface area (Å²) in [6.07, 6.45) is 3.51. The highest BCUT2D eigenvalue weighted by molar-refractivity contribution is 6.08. The first-order chi connectivity index (χ1) is 9.34. The number of aromatic nitrogens is 1. The maximum absolute atomic E-state index is 12.1. The molecular formula is C16H12N2O. The lowest BCUT2D eigenvalue weighted by Gasteiger charge is -2.08. The van der Waals surface area contributed by atoms with Gasteiger partial charge in [-0.3, -0.25) is 9.78 Å². The lowest BCUT2D eigenvalue weighted by atomic mass is 10.1. The Morgan fingerprint density at radius 3 is 2.63 bits per heavy atom. The highest BCUT2D eigenvalue weighted by Crippen LogP contribution is 2.22. The van der Waals surface area contributed by atoms with Crippen LogP contribution in [0.4, 0.5) is 5.69 Å². The highest BCUT2D eigenvalue weighted by Gasteiger charge is 2.07. The van der Waals surface area contributed by atoms with Gasteiger partial charge in [0.05, 0.1) is 0 Å². The summed E-state index contributed by atoms with van der Waals surface area (Å²) in [4.78, 5) is 16.2. The first-order valence-electron chi connectivity index (χ1n) is 6.04. The summed E-state index contributed by atoms with van der Waals surface area (Å²) in [7, 11) is 0. The van der Waals surface area contributed by atoms with Crippen LogP contribution in [0.25, 0.3) is 10.8 Å². The van der Waals surface area contributed by atoms with Crippen molar-refractivity contribution in [3.8, 4) is 0 Å². The number of hydrogen-bond donors (Lipinski definition) is 1. The Bertz CT molecular complexity index is 718. The average molecular weight is 248 g/mol. The number of carbonyl (C=O) groups is 1. The molecule has 2 aromatic carbocycles. The number of nitrogens with zero attached hydrogens (tertiary/aromatic N) is 1. The minimum atomic E-state index is -0.107. The first kappa shape index (κ1) is 11.4. The summed E-state index contributed by atoms with van der Waals surface area (Å²) in [5.74, 6) is -0.107. The van der Waals surface area contributed by atoms with E-state index in [4.69, 9.17) is 0 Å². The largest absolute Gasteiger partial charge is 0.321 e. The molecule has 0 radical (unpaired) electrons. The van der Waals surface area contributed by atoms with Crippen molar-refractivity contribution in [1.29, 1.82) is 0 Å². The number of fused-ring (bicyclic) bond motifs is 1. The number of benzene rings is 2. The number of amides is 1. The van der Waals surface area contributed by atoms with Crippen LogP contribution in [0.15, 0.2) is 67.0 Å². The fourth-order valence-electron chi connectivity index (χ4n) is 2.02. The van der Waals surface area contributed by atoms with Gasteiger partial charge in [0.1, 0.15) is 0 Å². The van der Waals surface area contributed by atoms with Crippen LogP contribution >= 0.6 is 0 Å². The minimum absolute atomic E-state index is 0.107. The molecule has 1 heterocycles. The van der Waals surface area contributed by atoms with Crippen molar-refractivity contribution in [3.63, 3.8) is 0 Å². The predicted molar refractivity (Wildman–Crippen MR) is 76.1 cm³/mol. The quantitative estimate of drug-likeness (QED) is 0.754. The standard InChI is InChI=1S/C16H12N2O/c19-16(12-5-2-1-3-6-12)18-15-8-4-7-13-11-17-10-9-14(13)15/h1-11H,(H,18,19). The normalized spacial score (nSPS) is 10.3. The molecule has 0 aliphatic heterocycles. The van der Waals surface area contributed by atoms with Crippen molar-refractivity contribution in [2.75, 3.05) is 5.32 Å².